The minimum absolute atomic E-state index is 0.00580. The van der Waals surface area contributed by atoms with Crippen molar-refractivity contribution < 1.29 is 9.59 Å². The maximum absolute atomic E-state index is 12.2. The SMILES string of the molecule is CC(=O)N1CCC(c2nn(CCNC(=O)Cc3ccccc3)c3ncccc23)C1. The fraction of sp³-hybridized carbons (Fsp3) is 0.364. The van der Waals surface area contributed by atoms with Gasteiger partial charge in [0, 0.05) is 44.1 Å². The zero-order chi connectivity index (χ0) is 20.2. The molecule has 1 aliphatic heterocycles. The summed E-state index contributed by atoms with van der Waals surface area (Å²) >= 11 is 0. The Balaban J connectivity index is 1.43. The highest BCUT2D eigenvalue weighted by Crippen LogP contribution is 2.31. The Labute approximate surface area is 169 Å². The molecule has 1 N–H and O–H groups in total. The monoisotopic (exact) mass is 391 g/mol. The number of aromatic nitrogens is 3. The number of nitrogens with one attached hydrogen (secondary N) is 1. The van der Waals surface area contributed by atoms with Crippen LogP contribution in [0.5, 0.6) is 0 Å². The van der Waals surface area contributed by atoms with E-state index >= 15 is 0 Å². The fourth-order valence-electron chi connectivity index (χ4n) is 3.91. The van der Waals surface area contributed by atoms with Crippen LogP contribution >= 0.6 is 0 Å². The summed E-state index contributed by atoms with van der Waals surface area (Å²) in [5.41, 5.74) is 2.81. The Hall–Kier alpha value is -3.22. The molecule has 1 fully saturated rings. The zero-order valence-electron chi connectivity index (χ0n) is 16.5. The van der Waals surface area contributed by atoms with Crippen molar-refractivity contribution in [3.8, 4) is 0 Å². The number of hydrogen-bond acceptors (Lipinski definition) is 4. The second kappa shape index (κ2) is 8.43. The van der Waals surface area contributed by atoms with E-state index in [1.165, 1.54) is 0 Å². The molecular weight excluding hydrogens is 366 g/mol. The van der Waals surface area contributed by atoms with Gasteiger partial charge in [-0.25, -0.2) is 9.67 Å². The maximum atomic E-state index is 12.2. The average Bonchev–Trinajstić information content (AvgIpc) is 3.34. The Bertz CT molecular complexity index is 1010. The lowest BCUT2D eigenvalue weighted by atomic mass is 10.0. The predicted octanol–water partition coefficient (Wildman–Crippen LogP) is 2.13. The van der Waals surface area contributed by atoms with Crippen LogP contribution in [0.15, 0.2) is 48.7 Å². The van der Waals surface area contributed by atoms with E-state index in [2.05, 4.69) is 10.3 Å². The van der Waals surface area contributed by atoms with Crippen LogP contribution < -0.4 is 5.32 Å². The second-order valence-electron chi connectivity index (χ2n) is 7.45. The van der Waals surface area contributed by atoms with Gasteiger partial charge in [0.25, 0.3) is 0 Å². The topological polar surface area (TPSA) is 80.1 Å². The predicted molar refractivity (Wildman–Crippen MR) is 110 cm³/mol. The molecule has 1 aromatic carbocycles. The summed E-state index contributed by atoms with van der Waals surface area (Å²) in [4.78, 5) is 30.2. The van der Waals surface area contributed by atoms with E-state index in [0.717, 1.165) is 35.3 Å². The standard InChI is InChI=1S/C22H25N5O2/c1-16(28)26-12-9-18(15-26)21-19-8-5-10-24-22(19)27(25-21)13-11-23-20(29)14-17-6-3-2-4-7-17/h2-8,10,18H,9,11-15H2,1H3,(H,23,29). The van der Waals surface area contributed by atoms with Crippen molar-refractivity contribution >= 4 is 22.8 Å². The fourth-order valence-corrected chi connectivity index (χ4v) is 3.91. The molecule has 7 nitrogen and oxygen atoms in total. The van der Waals surface area contributed by atoms with Gasteiger partial charge in [-0.3, -0.25) is 9.59 Å². The van der Waals surface area contributed by atoms with Gasteiger partial charge in [0.15, 0.2) is 5.65 Å². The molecule has 0 aliphatic carbocycles. The van der Waals surface area contributed by atoms with E-state index in [1.807, 2.05) is 52.0 Å². The highest BCUT2D eigenvalue weighted by atomic mass is 16.2. The molecule has 3 heterocycles. The Morgan fingerprint density at radius 3 is 2.76 bits per heavy atom. The first-order chi connectivity index (χ1) is 14.1. The van der Waals surface area contributed by atoms with Crippen LogP contribution in [0.2, 0.25) is 0 Å². The molecule has 2 aromatic heterocycles. The molecule has 1 saturated heterocycles. The quantitative estimate of drug-likeness (QED) is 0.698. The van der Waals surface area contributed by atoms with E-state index in [1.54, 1.807) is 13.1 Å². The molecule has 1 atom stereocenters. The molecule has 150 valence electrons. The highest BCUT2D eigenvalue weighted by Gasteiger charge is 2.29. The Morgan fingerprint density at radius 1 is 1.17 bits per heavy atom. The summed E-state index contributed by atoms with van der Waals surface area (Å²) < 4.78 is 1.86. The number of likely N-dealkylation sites (tertiary alicyclic amines) is 1. The first kappa shape index (κ1) is 19.1. The van der Waals surface area contributed by atoms with E-state index in [9.17, 15) is 9.59 Å². The third-order valence-electron chi connectivity index (χ3n) is 5.41. The largest absolute Gasteiger partial charge is 0.354 e. The molecule has 1 unspecified atom stereocenters. The first-order valence-corrected chi connectivity index (χ1v) is 9.99. The van der Waals surface area contributed by atoms with E-state index < -0.39 is 0 Å². The maximum Gasteiger partial charge on any atom is 0.224 e. The summed E-state index contributed by atoms with van der Waals surface area (Å²) in [7, 11) is 0. The molecule has 1 aliphatic rings. The number of fused-ring (bicyclic) bond motifs is 1. The van der Waals surface area contributed by atoms with Crippen LogP contribution in [0.3, 0.4) is 0 Å². The number of nitrogens with zero attached hydrogens (tertiary/aromatic N) is 4. The number of carbonyl (C=O) groups is 2. The Kier molecular flexibility index (Phi) is 5.55. The van der Waals surface area contributed by atoms with Crippen molar-refractivity contribution in [1.29, 1.82) is 0 Å². The molecule has 29 heavy (non-hydrogen) atoms. The number of rotatable bonds is 6. The lowest BCUT2D eigenvalue weighted by Crippen LogP contribution is -2.29. The van der Waals surface area contributed by atoms with Crippen molar-refractivity contribution in [2.24, 2.45) is 0 Å². The van der Waals surface area contributed by atoms with E-state index in [-0.39, 0.29) is 17.7 Å². The zero-order valence-corrected chi connectivity index (χ0v) is 16.5. The second-order valence-corrected chi connectivity index (χ2v) is 7.45. The number of pyridine rings is 1. The van der Waals surface area contributed by atoms with Gasteiger partial charge in [-0.15, -0.1) is 0 Å². The number of hydrogen-bond donors (Lipinski definition) is 1. The van der Waals surface area contributed by atoms with Crippen LogP contribution in [0.1, 0.15) is 30.5 Å². The lowest BCUT2D eigenvalue weighted by molar-refractivity contribution is -0.127. The minimum Gasteiger partial charge on any atom is -0.354 e. The Morgan fingerprint density at radius 2 is 2.00 bits per heavy atom. The van der Waals surface area contributed by atoms with Crippen molar-refractivity contribution in [3.05, 3.63) is 59.9 Å². The molecule has 2 amide bonds. The van der Waals surface area contributed by atoms with Gasteiger partial charge in [-0.2, -0.15) is 5.10 Å². The van der Waals surface area contributed by atoms with E-state index in [0.29, 0.717) is 26.1 Å². The van der Waals surface area contributed by atoms with E-state index in [4.69, 9.17) is 5.10 Å². The highest BCUT2D eigenvalue weighted by molar-refractivity contribution is 5.80. The first-order valence-electron chi connectivity index (χ1n) is 9.99. The molecule has 0 spiro atoms. The van der Waals surface area contributed by atoms with Crippen LogP contribution in [-0.2, 0) is 22.6 Å². The van der Waals surface area contributed by atoms with Crippen LogP contribution in [0.25, 0.3) is 11.0 Å². The van der Waals surface area contributed by atoms with Crippen LogP contribution in [0, 0.1) is 0 Å². The number of amides is 2. The normalized spacial score (nSPS) is 16.3. The van der Waals surface area contributed by atoms with Gasteiger partial charge < -0.3 is 10.2 Å². The van der Waals surface area contributed by atoms with Crippen molar-refractivity contribution in [2.75, 3.05) is 19.6 Å². The summed E-state index contributed by atoms with van der Waals surface area (Å²) in [6, 6.07) is 13.6. The van der Waals surface area contributed by atoms with Gasteiger partial charge in [-0.05, 0) is 24.1 Å². The third kappa shape index (κ3) is 4.29. The van der Waals surface area contributed by atoms with Gasteiger partial charge in [0.1, 0.15) is 0 Å². The number of benzene rings is 1. The molecule has 7 heteroatoms. The summed E-state index contributed by atoms with van der Waals surface area (Å²) in [6.07, 6.45) is 3.04. The minimum atomic E-state index is -0.00580. The molecule has 0 saturated carbocycles. The van der Waals surface area contributed by atoms with Gasteiger partial charge >= 0.3 is 0 Å². The van der Waals surface area contributed by atoms with Gasteiger partial charge in [-0.1, -0.05) is 30.3 Å². The van der Waals surface area contributed by atoms with Crippen LogP contribution in [0.4, 0.5) is 0 Å². The molecule has 4 rings (SSSR count). The summed E-state index contributed by atoms with van der Waals surface area (Å²) in [5.74, 6) is 0.323. The lowest BCUT2D eigenvalue weighted by Gasteiger charge is -2.12. The van der Waals surface area contributed by atoms with Gasteiger partial charge in [0.05, 0.1) is 18.7 Å². The van der Waals surface area contributed by atoms with Crippen molar-refractivity contribution in [3.63, 3.8) is 0 Å². The molecular formula is C22H25N5O2. The van der Waals surface area contributed by atoms with Gasteiger partial charge in [0.2, 0.25) is 11.8 Å². The van der Waals surface area contributed by atoms with Crippen LogP contribution in [-0.4, -0.2) is 51.1 Å². The molecule has 0 radical (unpaired) electrons. The smallest absolute Gasteiger partial charge is 0.224 e. The van der Waals surface area contributed by atoms with Crippen molar-refractivity contribution in [1.82, 2.24) is 25.0 Å². The summed E-state index contributed by atoms with van der Waals surface area (Å²) in [6.45, 7) is 4.12. The molecule has 0 bridgehead atoms. The van der Waals surface area contributed by atoms with Crippen molar-refractivity contribution in [2.45, 2.75) is 32.2 Å². The number of carbonyl (C=O) groups excluding carboxylic acids is 2. The third-order valence-corrected chi connectivity index (χ3v) is 5.41. The molecule has 3 aromatic rings. The summed E-state index contributed by atoms with van der Waals surface area (Å²) in [5, 5.41) is 8.80. The average molecular weight is 391 g/mol.